The Labute approximate surface area is 89.1 Å². The third-order valence-electron chi connectivity index (χ3n) is 3.43. The first-order valence-corrected chi connectivity index (χ1v) is 6.06. The summed E-state index contributed by atoms with van der Waals surface area (Å²) in [6, 6.07) is 0.714. The average Bonchev–Trinajstić information content (AvgIpc) is 2.16. The quantitative estimate of drug-likeness (QED) is 0.745. The minimum Gasteiger partial charge on any atom is -0.311 e. The standard InChI is InChI=1S/C12H26N2/c1-5-8-13-12(4)6-9-14(10-7-12)11(2)3/h11,13H,5-10H2,1-4H3. The van der Waals surface area contributed by atoms with Gasteiger partial charge in [0.1, 0.15) is 0 Å². The van der Waals surface area contributed by atoms with Crippen molar-refractivity contribution in [3.63, 3.8) is 0 Å². The van der Waals surface area contributed by atoms with Crippen molar-refractivity contribution in [3.8, 4) is 0 Å². The van der Waals surface area contributed by atoms with E-state index in [1.165, 1.54) is 32.4 Å². The van der Waals surface area contributed by atoms with Gasteiger partial charge in [0.15, 0.2) is 0 Å². The summed E-state index contributed by atoms with van der Waals surface area (Å²) in [4.78, 5) is 2.58. The molecule has 1 N–H and O–H groups in total. The van der Waals surface area contributed by atoms with E-state index in [0.29, 0.717) is 11.6 Å². The molecule has 1 aliphatic rings. The van der Waals surface area contributed by atoms with Gasteiger partial charge in [-0.15, -0.1) is 0 Å². The largest absolute Gasteiger partial charge is 0.311 e. The van der Waals surface area contributed by atoms with Crippen molar-refractivity contribution in [1.82, 2.24) is 10.2 Å². The van der Waals surface area contributed by atoms with Crippen molar-refractivity contribution in [3.05, 3.63) is 0 Å². The minimum absolute atomic E-state index is 0.404. The van der Waals surface area contributed by atoms with Gasteiger partial charge in [-0.2, -0.15) is 0 Å². The van der Waals surface area contributed by atoms with Crippen molar-refractivity contribution in [2.45, 2.75) is 58.5 Å². The van der Waals surface area contributed by atoms with Crippen molar-refractivity contribution < 1.29 is 0 Å². The van der Waals surface area contributed by atoms with Crippen LogP contribution in [0.15, 0.2) is 0 Å². The Morgan fingerprint density at radius 3 is 2.29 bits per heavy atom. The molecule has 1 fully saturated rings. The summed E-state index contributed by atoms with van der Waals surface area (Å²) in [6.07, 6.45) is 3.83. The van der Waals surface area contributed by atoms with Crippen molar-refractivity contribution in [2.24, 2.45) is 0 Å². The van der Waals surface area contributed by atoms with Gasteiger partial charge in [0.25, 0.3) is 0 Å². The second-order valence-electron chi connectivity index (χ2n) is 5.12. The highest BCUT2D eigenvalue weighted by atomic mass is 15.2. The highest BCUT2D eigenvalue weighted by molar-refractivity contribution is 4.89. The predicted octanol–water partition coefficient (Wildman–Crippen LogP) is 2.25. The normalized spacial score (nSPS) is 22.9. The molecule has 0 aromatic carbocycles. The molecule has 0 aromatic rings. The zero-order valence-corrected chi connectivity index (χ0v) is 10.3. The Hall–Kier alpha value is -0.0800. The van der Waals surface area contributed by atoms with Crippen LogP contribution < -0.4 is 5.32 Å². The van der Waals surface area contributed by atoms with Crippen LogP contribution in [0.2, 0.25) is 0 Å². The Morgan fingerprint density at radius 1 is 1.29 bits per heavy atom. The minimum atomic E-state index is 0.404. The first kappa shape index (κ1) is 12.0. The molecule has 2 heteroatoms. The predicted molar refractivity (Wildman–Crippen MR) is 62.6 cm³/mol. The Morgan fingerprint density at radius 2 is 1.86 bits per heavy atom. The third kappa shape index (κ3) is 3.25. The van der Waals surface area contributed by atoms with E-state index in [9.17, 15) is 0 Å². The molecule has 0 aromatic heterocycles. The van der Waals surface area contributed by atoms with Crippen LogP contribution in [0.1, 0.15) is 47.0 Å². The van der Waals surface area contributed by atoms with E-state index in [2.05, 4.69) is 37.9 Å². The number of hydrogen-bond acceptors (Lipinski definition) is 2. The van der Waals surface area contributed by atoms with Gasteiger partial charge in [-0.3, -0.25) is 0 Å². The lowest BCUT2D eigenvalue weighted by molar-refractivity contribution is 0.120. The maximum Gasteiger partial charge on any atom is 0.0177 e. The fourth-order valence-corrected chi connectivity index (χ4v) is 2.14. The smallest absolute Gasteiger partial charge is 0.0177 e. The molecular weight excluding hydrogens is 172 g/mol. The number of rotatable bonds is 4. The zero-order valence-electron chi connectivity index (χ0n) is 10.3. The lowest BCUT2D eigenvalue weighted by Gasteiger charge is -2.41. The van der Waals surface area contributed by atoms with E-state index in [4.69, 9.17) is 0 Å². The second kappa shape index (κ2) is 5.13. The topological polar surface area (TPSA) is 15.3 Å². The first-order chi connectivity index (χ1) is 6.57. The van der Waals surface area contributed by atoms with Gasteiger partial charge in [0.05, 0.1) is 0 Å². The van der Waals surface area contributed by atoms with Crippen LogP contribution in [0.5, 0.6) is 0 Å². The van der Waals surface area contributed by atoms with Gasteiger partial charge < -0.3 is 10.2 Å². The summed E-state index contributed by atoms with van der Waals surface area (Å²) in [5.41, 5.74) is 0.404. The van der Waals surface area contributed by atoms with E-state index in [1.54, 1.807) is 0 Å². The molecule has 2 nitrogen and oxygen atoms in total. The van der Waals surface area contributed by atoms with Gasteiger partial charge in [0.2, 0.25) is 0 Å². The molecule has 0 radical (unpaired) electrons. The van der Waals surface area contributed by atoms with E-state index >= 15 is 0 Å². The van der Waals surface area contributed by atoms with Crippen molar-refractivity contribution >= 4 is 0 Å². The fraction of sp³-hybridized carbons (Fsp3) is 1.00. The molecule has 84 valence electrons. The molecule has 0 bridgehead atoms. The third-order valence-corrected chi connectivity index (χ3v) is 3.43. The molecule has 0 unspecified atom stereocenters. The summed E-state index contributed by atoms with van der Waals surface area (Å²) in [5, 5.41) is 3.68. The Bertz CT molecular complexity index is 158. The number of nitrogens with zero attached hydrogens (tertiary/aromatic N) is 1. The summed E-state index contributed by atoms with van der Waals surface area (Å²) in [5.74, 6) is 0. The van der Waals surface area contributed by atoms with Gasteiger partial charge in [0, 0.05) is 24.7 Å². The SMILES string of the molecule is CCCNC1(C)CCN(C(C)C)CC1. The molecule has 1 heterocycles. The summed E-state index contributed by atoms with van der Waals surface area (Å²) >= 11 is 0. The highest BCUT2D eigenvalue weighted by Gasteiger charge is 2.29. The highest BCUT2D eigenvalue weighted by Crippen LogP contribution is 2.22. The number of nitrogens with one attached hydrogen (secondary N) is 1. The molecule has 0 amide bonds. The van der Waals surface area contributed by atoms with Crippen LogP contribution in [-0.4, -0.2) is 36.1 Å². The van der Waals surface area contributed by atoms with Crippen molar-refractivity contribution in [1.29, 1.82) is 0 Å². The maximum absolute atomic E-state index is 3.68. The lowest BCUT2D eigenvalue weighted by atomic mass is 9.89. The number of likely N-dealkylation sites (tertiary alicyclic amines) is 1. The molecule has 0 spiro atoms. The van der Waals surface area contributed by atoms with Crippen LogP contribution in [0.4, 0.5) is 0 Å². The Balaban J connectivity index is 2.33. The van der Waals surface area contributed by atoms with E-state index in [1.807, 2.05) is 0 Å². The van der Waals surface area contributed by atoms with Crippen LogP contribution in [0.3, 0.4) is 0 Å². The van der Waals surface area contributed by atoms with E-state index in [-0.39, 0.29) is 0 Å². The maximum atomic E-state index is 3.68. The van der Waals surface area contributed by atoms with Gasteiger partial charge >= 0.3 is 0 Å². The molecule has 0 aliphatic carbocycles. The molecule has 0 saturated carbocycles. The van der Waals surface area contributed by atoms with E-state index in [0.717, 1.165) is 6.54 Å². The zero-order chi connectivity index (χ0) is 10.6. The van der Waals surface area contributed by atoms with Crippen LogP contribution in [0.25, 0.3) is 0 Å². The van der Waals surface area contributed by atoms with Crippen LogP contribution in [0, 0.1) is 0 Å². The average molecular weight is 198 g/mol. The summed E-state index contributed by atoms with van der Waals surface area (Å²) < 4.78 is 0. The fourth-order valence-electron chi connectivity index (χ4n) is 2.14. The second-order valence-corrected chi connectivity index (χ2v) is 5.12. The number of piperidine rings is 1. The number of hydrogen-bond donors (Lipinski definition) is 1. The molecule has 1 rings (SSSR count). The van der Waals surface area contributed by atoms with Gasteiger partial charge in [-0.1, -0.05) is 6.92 Å². The Kier molecular flexibility index (Phi) is 4.39. The van der Waals surface area contributed by atoms with Crippen LogP contribution >= 0.6 is 0 Å². The first-order valence-electron chi connectivity index (χ1n) is 6.06. The summed E-state index contributed by atoms with van der Waals surface area (Å²) in [6.45, 7) is 12.9. The molecule has 0 atom stereocenters. The molecular formula is C12H26N2. The van der Waals surface area contributed by atoms with Gasteiger partial charge in [-0.05, 0) is 46.6 Å². The molecule has 1 aliphatic heterocycles. The van der Waals surface area contributed by atoms with E-state index < -0.39 is 0 Å². The lowest BCUT2D eigenvalue weighted by Crippen LogP contribution is -2.52. The monoisotopic (exact) mass is 198 g/mol. The van der Waals surface area contributed by atoms with Crippen molar-refractivity contribution in [2.75, 3.05) is 19.6 Å². The molecule has 14 heavy (non-hydrogen) atoms. The summed E-state index contributed by atoms with van der Waals surface area (Å²) in [7, 11) is 0. The van der Waals surface area contributed by atoms with Crippen LogP contribution in [-0.2, 0) is 0 Å². The molecule has 1 saturated heterocycles. The van der Waals surface area contributed by atoms with Gasteiger partial charge in [-0.25, -0.2) is 0 Å².